The summed E-state index contributed by atoms with van der Waals surface area (Å²) in [6.07, 6.45) is 0.642. The first-order chi connectivity index (χ1) is 9.18. The monoisotopic (exact) mass is 286 g/mol. The van der Waals surface area contributed by atoms with Crippen molar-refractivity contribution in [3.63, 3.8) is 0 Å². The van der Waals surface area contributed by atoms with Crippen molar-refractivity contribution in [2.75, 3.05) is 13.1 Å². The Morgan fingerprint density at radius 1 is 1.20 bits per heavy atom. The zero-order chi connectivity index (χ0) is 15.9. The Balaban J connectivity index is 5.05. The fourth-order valence-electron chi connectivity index (χ4n) is 2.16. The third-order valence-corrected chi connectivity index (χ3v) is 3.58. The van der Waals surface area contributed by atoms with Crippen molar-refractivity contribution >= 4 is 17.8 Å². The van der Waals surface area contributed by atoms with E-state index in [1.54, 1.807) is 13.8 Å². The Hall–Kier alpha value is -1.59. The number of hydrogen-bond donors (Lipinski definition) is 2. The van der Waals surface area contributed by atoms with E-state index in [1.807, 2.05) is 13.8 Å². The Morgan fingerprint density at radius 3 is 2.00 bits per heavy atom. The molecule has 0 aliphatic carbocycles. The molecule has 0 radical (unpaired) electrons. The lowest BCUT2D eigenvalue weighted by Gasteiger charge is -2.30. The molecule has 0 saturated carbocycles. The summed E-state index contributed by atoms with van der Waals surface area (Å²) in [6.45, 7) is 7.58. The fourth-order valence-corrected chi connectivity index (χ4v) is 2.16. The lowest BCUT2D eigenvalue weighted by Crippen LogP contribution is -2.44. The van der Waals surface area contributed by atoms with Gasteiger partial charge in [-0.3, -0.25) is 14.4 Å². The minimum Gasteiger partial charge on any atom is -0.481 e. The van der Waals surface area contributed by atoms with Crippen LogP contribution in [0.5, 0.6) is 0 Å². The molecule has 0 aromatic rings. The first kappa shape index (κ1) is 18.4. The SMILES string of the molecule is CCC(CC)(CC(=O)N(CC(N)=O)CC(C)C)C(=O)O. The van der Waals surface area contributed by atoms with E-state index in [1.165, 1.54) is 4.90 Å². The molecule has 0 aliphatic rings. The number of amides is 2. The van der Waals surface area contributed by atoms with Gasteiger partial charge in [0.2, 0.25) is 11.8 Å². The molecule has 0 unspecified atom stereocenters. The molecule has 0 bridgehead atoms. The molecule has 20 heavy (non-hydrogen) atoms. The highest BCUT2D eigenvalue weighted by Crippen LogP contribution is 2.31. The summed E-state index contributed by atoms with van der Waals surface area (Å²) in [4.78, 5) is 36.1. The summed E-state index contributed by atoms with van der Waals surface area (Å²) in [5, 5.41) is 9.36. The molecule has 0 atom stereocenters. The molecule has 2 amide bonds. The predicted molar refractivity (Wildman–Crippen MR) is 75.9 cm³/mol. The number of nitrogens with two attached hydrogens (primary N) is 1. The number of primary amides is 1. The molecule has 6 heteroatoms. The molecule has 3 N–H and O–H groups in total. The lowest BCUT2D eigenvalue weighted by atomic mass is 9.79. The molecule has 0 rings (SSSR count). The van der Waals surface area contributed by atoms with Gasteiger partial charge in [-0.1, -0.05) is 27.7 Å². The Kier molecular flexibility index (Phi) is 7.24. The first-order valence-corrected chi connectivity index (χ1v) is 6.98. The predicted octanol–water partition coefficient (Wildman–Crippen LogP) is 1.24. The largest absolute Gasteiger partial charge is 0.481 e. The number of carboxylic acids is 1. The van der Waals surface area contributed by atoms with E-state index in [4.69, 9.17) is 5.73 Å². The van der Waals surface area contributed by atoms with Crippen LogP contribution in [0.4, 0.5) is 0 Å². The van der Waals surface area contributed by atoms with Crippen LogP contribution >= 0.6 is 0 Å². The molecule has 0 fully saturated rings. The van der Waals surface area contributed by atoms with Gasteiger partial charge in [0.15, 0.2) is 0 Å². The van der Waals surface area contributed by atoms with Gasteiger partial charge in [0.1, 0.15) is 0 Å². The average molecular weight is 286 g/mol. The summed E-state index contributed by atoms with van der Waals surface area (Å²) >= 11 is 0. The van der Waals surface area contributed by atoms with E-state index >= 15 is 0 Å². The molecule has 0 spiro atoms. The number of hydrogen-bond acceptors (Lipinski definition) is 3. The second-order valence-corrected chi connectivity index (χ2v) is 5.60. The second-order valence-electron chi connectivity index (χ2n) is 5.60. The van der Waals surface area contributed by atoms with Crippen LogP contribution in [-0.2, 0) is 14.4 Å². The standard InChI is InChI=1S/C14H26N2O4/c1-5-14(6-2,13(19)20)7-12(18)16(8-10(3)4)9-11(15)17/h10H,5-9H2,1-4H3,(H2,15,17)(H,19,20). The summed E-state index contributed by atoms with van der Waals surface area (Å²) in [6, 6.07) is 0. The average Bonchev–Trinajstić information content (AvgIpc) is 2.33. The van der Waals surface area contributed by atoms with Crippen molar-refractivity contribution in [1.29, 1.82) is 0 Å². The summed E-state index contributed by atoms with van der Waals surface area (Å²) < 4.78 is 0. The van der Waals surface area contributed by atoms with Gasteiger partial charge in [0.05, 0.1) is 12.0 Å². The van der Waals surface area contributed by atoms with Gasteiger partial charge in [0.25, 0.3) is 0 Å². The highest BCUT2D eigenvalue weighted by atomic mass is 16.4. The van der Waals surface area contributed by atoms with Crippen molar-refractivity contribution < 1.29 is 19.5 Å². The van der Waals surface area contributed by atoms with Crippen molar-refractivity contribution in [3.05, 3.63) is 0 Å². The van der Waals surface area contributed by atoms with Crippen LogP contribution in [0, 0.1) is 11.3 Å². The highest BCUT2D eigenvalue weighted by molar-refractivity contribution is 5.87. The zero-order valence-corrected chi connectivity index (χ0v) is 12.8. The van der Waals surface area contributed by atoms with Crippen LogP contribution < -0.4 is 5.73 Å². The van der Waals surface area contributed by atoms with Gasteiger partial charge in [-0.15, -0.1) is 0 Å². The van der Waals surface area contributed by atoms with Crippen molar-refractivity contribution in [2.24, 2.45) is 17.1 Å². The van der Waals surface area contributed by atoms with Crippen LogP contribution in [0.3, 0.4) is 0 Å². The minimum absolute atomic E-state index is 0.102. The maximum atomic E-state index is 12.3. The molecule has 0 saturated heterocycles. The van der Waals surface area contributed by atoms with Crippen LogP contribution in [-0.4, -0.2) is 40.9 Å². The lowest BCUT2D eigenvalue weighted by molar-refractivity contribution is -0.154. The Morgan fingerprint density at radius 2 is 1.70 bits per heavy atom. The minimum atomic E-state index is -1.07. The highest BCUT2D eigenvalue weighted by Gasteiger charge is 2.38. The van der Waals surface area contributed by atoms with Crippen LogP contribution in [0.2, 0.25) is 0 Å². The van der Waals surface area contributed by atoms with Crippen molar-refractivity contribution in [3.8, 4) is 0 Å². The molecular weight excluding hydrogens is 260 g/mol. The van der Waals surface area contributed by atoms with Crippen molar-refractivity contribution in [1.82, 2.24) is 4.90 Å². The van der Waals surface area contributed by atoms with Crippen LogP contribution in [0.25, 0.3) is 0 Å². The normalized spacial score (nSPS) is 11.4. The van der Waals surface area contributed by atoms with E-state index in [2.05, 4.69) is 0 Å². The van der Waals surface area contributed by atoms with Gasteiger partial charge < -0.3 is 15.7 Å². The van der Waals surface area contributed by atoms with E-state index in [0.717, 1.165) is 0 Å². The van der Waals surface area contributed by atoms with Crippen LogP contribution in [0.1, 0.15) is 47.0 Å². The van der Waals surface area contributed by atoms with E-state index in [9.17, 15) is 19.5 Å². The second kappa shape index (κ2) is 7.87. The summed E-state index contributed by atoms with van der Waals surface area (Å²) in [7, 11) is 0. The Bertz CT molecular complexity index is 362. The zero-order valence-electron chi connectivity index (χ0n) is 12.8. The quantitative estimate of drug-likeness (QED) is 0.665. The third-order valence-electron chi connectivity index (χ3n) is 3.58. The number of carboxylic acid groups (broad SMARTS) is 1. The van der Waals surface area contributed by atoms with E-state index < -0.39 is 17.3 Å². The number of carbonyl (C=O) groups excluding carboxylic acids is 2. The molecular formula is C14H26N2O4. The number of aliphatic carboxylic acids is 1. The van der Waals surface area contributed by atoms with Gasteiger partial charge in [-0.05, 0) is 18.8 Å². The number of nitrogens with zero attached hydrogens (tertiary/aromatic N) is 1. The first-order valence-electron chi connectivity index (χ1n) is 6.98. The molecule has 0 aliphatic heterocycles. The van der Waals surface area contributed by atoms with Crippen LogP contribution in [0.15, 0.2) is 0 Å². The van der Waals surface area contributed by atoms with Crippen molar-refractivity contribution in [2.45, 2.75) is 47.0 Å². The Labute approximate surface area is 120 Å². The van der Waals surface area contributed by atoms with Gasteiger partial charge >= 0.3 is 5.97 Å². The topological polar surface area (TPSA) is 101 Å². The van der Waals surface area contributed by atoms with E-state index in [0.29, 0.717) is 19.4 Å². The molecule has 6 nitrogen and oxygen atoms in total. The maximum absolute atomic E-state index is 12.3. The van der Waals surface area contributed by atoms with Gasteiger partial charge in [-0.2, -0.15) is 0 Å². The maximum Gasteiger partial charge on any atom is 0.310 e. The third kappa shape index (κ3) is 5.19. The smallest absolute Gasteiger partial charge is 0.310 e. The van der Waals surface area contributed by atoms with Gasteiger partial charge in [0, 0.05) is 13.0 Å². The molecule has 116 valence electrons. The van der Waals surface area contributed by atoms with Gasteiger partial charge in [-0.25, -0.2) is 0 Å². The number of carbonyl (C=O) groups is 3. The fraction of sp³-hybridized carbons (Fsp3) is 0.786. The molecule has 0 aromatic heterocycles. The molecule has 0 aromatic carbocycles. The number of rotatable bonds is 9. The molecule has 0 heterocycles. The van der Waals surface area contributed by atoms with E-state index in [-0.39, 0.29) is 24.8 Å². The summed E-state index contributed by atoms with van der Waals surface area (Å²) in [5.74, 6) is -1.71. The summed E-state index contributed by atoms with van der Waals surface area (Å²) in [5.41, 5.74) is 4.08.